The van der Waals surface area contributed by atoms with E-state index >= 15 is 0 Å². The zero-order valence-corrected chi connectivity index (χ0v) is 14.0. The Morgan fingerprint density at radius 2 is 2.13 bits per heavy atom. The third-order valence-corrected chi connectivity index (χ3v) is 4.50. The van der Waals surface area contributed by atoms with Crippen LogP contribution in [0.3, 0.4) is 0 Å². The first-order valence-electron chi connectivity index (χ1n) is 7.49. The van der Waals surface area contributed by atoms with E-state index in [1.54, 1.807) is 16.0 Å². The van der Waals surface area contributed by atoms with Gasteiger partial charge in [0, 0.05) is 13.1 Å². The second kappa shape index (κ2) is 6.62. The number of rotatable bonds is 6. The number of benzene rings is 1. The van der Waals surface area contributed by atoms with Crippen molar-refractivity contribution in [3.05, 3.63) is 64.1 Å². The van der Waals surface area contributed by atoms with Gasteiger partial charge in [0.15, 0.2) is 0 Å². The van der Waals surface area contributed by atoms with Crippen molar-refractivity contribution >= 4 is 11.3 Å². The van der Waals surface area contributed by atoms with Crippen molar-refractivity contribution in [2.75, 3.05) is 6.54 Å². The van der Waals surface area contributed by atoms with Crippen molar-refractivity contribution in [2.45, 2.75) is 26.0 Å². The summed E-state index contributed by atoms with van der Waals surface area (Å²) in [6, 6.07) is 10.0. The van der Waals surface area contributed by atoms with E-state index in [1.807, 2.05) is 61.1 Å². The molecule has 6 heteroatoms. The fourth-order valence-electron chi connectivity index (χ4n) is 2.42. The second-order valence-electron chi connectivity index (χ2n) is 5.83. The third kappa shape index (κ3) is 3.67. The number of hydrogen-bond acceptors (Lipinski definition) is 5. The molecule has 120 valence electrons. The predicted octanol–water partition coefficient (Wildman–Crippen LogP) is 2.63. The fraction of sp³-hybridized carbons (Fsp3) is 0.294. The highest BCUT2D eigenvalue weighted by Gasteiger charge is 2.22. The molecular weight excluding hydrogens is 308 g/mol. The molecular formula is C17H20N4OS. The molecule has 2 heterocycles. The van der Waals surface area contributed by atoms with Gasteiger partial charge in [-0.1, -0.05) is 23.4 Å². The van der Waals surface area contributed by atoms with Crippen LogP contribution >= 0.6 is 11.3 Å². The highest BCUT2D eigenvalue weighted by atomic mass is 32.1. The normalized spacial score (nSPS) is 13.9. The molecule has 0 aliphatic heterocycles. The summed E-state index contributed by atoms with van der Waals surface area (Å²) < 4.78 is 1.78. The van der Waals surface area contributed by atoms with Crippen molar-refractivity contribution in [3.63, 3.8) is 0 Å². The first kappa shape index (κ1) is 15.9. The summed E-state index contributed by atoms with van der Waals surface area (Å²) in [5.41, 5.74) is 3.06. The SMILES string of the molecule is Cc1ccccc1-n1cc(CNCC(C)(O)c2ccsc2)nn1. The van der Waals surface area contributed by atoms with Crippen molar-refractivity contribution in [1.29, 1.82) is 0 Å². The number of nitrogens with zero attached hydrogens (tertiary/aromatic N) is 3. The van der Waals surface area contributed by atoms with Crippen LogP contribution in [0.1, 0.15) is 23.7 Å². The van der Waals surface area contributed by atoms with E-state index in [0.717, 1.165) is 22.5 Å². The number of aromatic nitrogens is 3. The van der Waals surface area contributed by atoms with Gasteiger partial charge in [0.05, 0.1) is 23.2 Å². The first-order valence-corrected chi connectivity index (χ1v) is 8.43. The zero-order chi connectivity index (χ0) is 16.3. The van der Waals surface area contributed by atoms with E-state index < -0.39 is 5.60 Å². The lowest BCUT2D eigenvalue weighted by atomic mass is 9.99. The van der Waals surface area contributed by atoms with Gasteiger partial charge in [-0.3, -0.25) is 0 Å². The quantitative estimate of drug-likeness (QED) is 0.730. The minimum absolute atomic E-state index is 0.459. The molecule has 1 atom stereocenters. The highest BCUT2D eigenvalue weighted by molar-refractivity contribution is 7.08. The van der Waals surface area contributed by atoms with Gasteiger partial charge < -0.3 is 10.4 Å². The number of nitrogens with one attached hydrogen (secondary N) is 1. The van der Waals surface area contributed by atoms with E-state index in [0.29, 0.717) is 13.1 Å². The van der Waals surface area contributed by atoms with Gasteiger partial charge in [0.1, 0.15) is 0 Å². The highest BCUT2D eigenvalue weighted by Crippen LogP contribution is 2.22. The molecule has 1 aromatic carbocycles. The van der Waals surface area contributed by atoms with Crippen LogP contribution in [0.2, 0.25) is 0 Å². The molecule has 0 aliphatic carbocycles. The van der Waals surface area contributed by atoms with Crippen molar-refractivity contribution in [1.82, 2.24) is 20.3 Å². The minimum Gasteiger partial charge on any atom is -0.384 e. The van der Waals surface area contributed by atoms with Crippen LogP contribution in [0.25, 0.3) is 5.69 Å². The molecule has 0 bridgehead atoms. The first-order chi connectivity index (χ1) is 11.1. The average molecular weight is 328 g/mol. The molecule has 3 rings (SSSR count). The standard InChI is InChI=1S/C17H20N4OS/c1-13-5-3-4-6-16(13)21-10-15(19-20-21)9-18-12-17(2,22)14-7-8-23-11-14/h3-8,10-11,18,22H,9,12H2,1-2H3. The third-order valence-electron chi connectivity index (χ3n) is 3.82. The van der Waals surface area contributed by atoms with Crippen LogP contribution in [0, 0.1) is 6.92 Å². The number of aliphatic hydroxyl groups is 1. The Balaban J connectivity index is 1.61. The molecule has 0 fully saturated rings. The van der Waals surface area contributed by atoms with Crippen LogP contribution in [0.4, 0.5) is 0 Å². The molecule has 2 aromatic heterocycles. The van der Waals surface area contributed by atoms with Gasteiger partial charge >= 0.3 is 0 Å². The molecule has 0 saturated heterocycles. The second-order valence-corrected chi connectivity index (χ2v) is 6.61. The number of para-hydroxylation sites is 1. The van der Waals surface area contributed by atoms with E-state index in [2.05, 4.69) is 15.6 Å². The monoisotopic (exact) mass is 328 g/mol. The molecule has 0 amide bonds. The van der Waals surface area contributed by atoms with E-state index in [1.165, 1.54) is 0 Å². The summed E-state index contributed by atoms with van der Waals surface area (Å²) in [7, 11) is 0. The molecule has 0 aliphatic rings. The summed E-state index contributed by atoms with van der Waals surface area (Å²) in [6.07, 6.45) is 1.91. The summed E-state index contributed by atoms with van der Waals surface area (Å²) in [4.78, 5) is 0. The van der Waals surface area contributed by atoms with Gasteiger partial charge in [0.2, 0.25) is 0 Å². The lowest BCUT2D eigenvalue weighted by Crippen LogP contribution is -2.34. The summed E-state index contributed by atoms with van der Waals surface area (Å²) in [6.45, 7) is 4.88. The maximum Gasteiger partial charge on any atom is 0.1000 e. The van der Waals surface area contributed by atoms with Crippen LogP contribution in [-0.4, -0.2) is 26.6 Å². The summed E-state index contributed by atoms with van der Waals surface area (Å²) >= 11 is 1.59. The Hall–Kier alpha value is -2.02. The molecule has 1 unspecified atom stereocenters. The van der Waals surface area contributed by atoms with Gasteiger partial charge in [-0.15, -0.1) is 5.10 Å². The summed E-state index contributed by atoms with van der Waals surface area (Å²) in [5.74, 6) is 0. The van der Waals surface area contributed by atoms with E-state index in [4.69, 9.17) is 0 Å². The zero-order valence-electron chi connectivity index (χ0n) is 13.2. The molecule has 3 aromatic rings. The van der Waals surface area contributed by atoms with Gasteiger partial charge in [-0.05, 0) is 47.9 Å². The number of thiophene rings is 1. The Labute approximate surface area is 139 Å². The topological polar surface area (TPSA) is 63.0 Å². The van der Waals surface area contributed by atoms with E-state index in [9.17, 15) is 5.11 Å². The van der Waals surface area contributed by atoms with Crippen molar-refractivity contribution < 1.29 is 5.11 Å². The number of hydrogen-bond donors (Lipinski definition) is 2. The average Bonchev–Trinajstić information content (AvgIpc) is 3.19. The van der Waals surface area contributed by atoms with Crippen LogP contribution in [0.5, 0.6) is 0 Å². The Kier molecular flexibility index (Phi) is 4.56. The van der Waals surface area contributed by atoms with Gasteiger partial charge in [-0.25, -0.2) is 4.68 Å². The Morgan fingerprint density at radius 1 is 1.30 bits per heavy atom. The molecule has 0 saturated carbocycles. The molecule has 0 spiro atoms. The van der Waals surface area contributed by atoms with Crippen LogP contribution in [-0.2, 0) is 12.1 Å². The number of aryl methyl sites for hydroxylation is 1. The lowest BCUT2D eigenvalue weighted by molar-refractivity contribution is 0.0570. The maximum absolute atomic E-state index is 10.5. The molecule has 23 heavy (non-hydrogen) atoms. The Morgan fingerprint density at radius 3 is 2.87 bits per heavy atom. The molecule has 5 nitrogen and oxygen atoms in total. The largest absolute Gasteiger partial charge is 0.384 e. The van der Waals surface area contributed by atoms with Crippen LogP contribution < -0.4 is 5.32 Å². The molecule has 0 radical (unpaired) electrons. The lowest BCUT2D eigenvalue weighted by Gasteiger charge is -2.22. The molecule has 2 N–H and O–H groups in total. The summed E-state index contributed by atoms with van der Waals surface area (Å²) in [5, 5.41) is 26.0. The van der Waals surface area contributed by atoms with E-state index in [-0.39, 0.29) is 0 Å². The smallest absolute Gasteiger partial charge is 0.1000 e. The van der Waals surface area contributed by atoms with Crippen molar-refractivity contribution in [2.24, 2.45) is 0 Å². The van der Waals surface area contributed by atoms with Gasteiger partial charge in [-0.2, -0.15) is 11.3 Å². The Bertz CT molecular complexity index is 765. The minimum atomic E-state index is -0.883. The van der Waals surface area contributed by atoms with Crippen LogP contribution in [0.15, 0.2) is 47.3 Å². The predicted molar refractivity (Wildman–Crippen MR) is 91.7 cm³/mol. The van der Waals surface area contributed by atoms with Gasteiger partial charge in [0.25, 0.3) is 0 Å². The maximum atomic E-state index is 10.5. The van der Waals surface area contributed by atoms with Crippen molar-refractivity contribution in [3.8, 4) is 5.69 Å². The fourth-order valence-corrected chi connectivity index (χ4v) is 3.21.